The van der Waals surface area contributed by atoms with Crippen LogP contribution in [0, 0.1) is 12.3 Å². The molecule has 3 atom stereocenters. The molecule has 2 amide bonds. The van der Waals surface area contributed by atoms with Gasteiger partial charge >= 0.3 is 0 Å². The Morgan fingerprint density at radius 3 is 2.83 bits per heavy atom. The molecule has 2 fully saturated rings. The van der Waals surface area contributed by atoms with Crippen molar-refractivity contribution in [2.24, 2.45) is 11.7 Å². The number of amides is 2. The summed E-state index contributed by atoms with van der Waals surface area (Å²) in [6.07, 6.45) is 5.20. The van der Waals surface area contributed by atoms with Gasteiger partial charge in [0.2, 0.25) is 11.8 Å². The maximum absolute atomic E-state index is 12.0. The van der Waals surface area contributed by atoms with Crippen LogP contribution in [0.1, 0.15) is 31.7 Å². The Hall–Kier alpha value is -2.12. The average molecular weight is 402 g/mol. The fourth-order valence-corrected chi connectivity index (χ4v) is 3.76. The molecule has 0 aromatic heterocycles. The molecule has 0 bridgehead atoms. The highest BCUT2D eigenvalue weighted by atomic mass is 16.5. The van der Waals surface area contributed by atoms with E-state index < -0.39 is 0 Å². The zero-order chi connectivity index (χ0) is 20.6. The summed E-state index contributed by atoms with van der Waals surface area (Å²) < 4.78 is 5.97. The third kappa shape index (κ3) is 7.01. The summed E-state index contributed by atoms with van der Waals surface area (Å²) in [4.78, 5) is 25.4. The monoisotopic (exact) mass is 401 g/mol. The standard InChI is InChI=1S/C22H33N4O3/c1-16(22(23)28)2-7-21(27)25-18-10-13-26(15-18)12-9-17-3-5-19(6-4-17)29-20-8-11-24-14-20/h3-7,16,18,20,24H,2,8-15H2,1H3,(H2,23,28)(H,25,27)/t16-,18-,20-/m0/s1. The summed E-state index contributed by atoms with van der Waals surface area (Å²) in [5.41, 5.74) is 6.52. The van der Waals surface area contributed by atoms with Gasteiger partial charge in [0.25, 0.3) is 0 Å². The molecule has 7 nitrogen and oxygen atoms in total. The van der Waals surface area contributed by atoms with Crippen molar-refractivity contribution in [2.45, 2.75) is 44.8 Å². The SMILES string of the molecule is C[C@@H](C[CH]C(=O)N[C@H]1CCN(CCc2ccc(O[C@H]3CCNC3)cc2)C1)C(N)=O. The predicted molar refractivity (Wildman–Crippen MR) is 112 cm³/mol. The van der Waals surface area contributed by atoms with Crippen LogP contribution in [0.5, 0.6) is 5.75 Å². The van der Waals surface area contributed by atoms with E-state index in [1.165, 1.54) is 12.0 Å². The van der Waals surface area contributed by atoms with Crippen molar-refractivity contribution in [1.82, 2.24) is 15.5 Å². The third-order valence-corrected chi connectivity index (χ3v) is 5.72. The van der Waals surface area contributed by atoms with E-state index in [4.69, 9.17) is 10.5 Å². The number of likely N-dealkylation sites (tertiary alicyclic amines) is 1. The lowest BCUT2D eigenvalue weighted by Crippen LogP contribution is -2.38. The molecule has 1 radical (unpaired) electrons. The number of carbonyl (C=O) groups excluding carboxylic acids is 2. The molecule has 4 N–H and O–H groups in total. The number of nitrogens with one attached hydrogen (secondary N) is 2. The molecule has 2 aliphatic rings. The normalized spacial score (nSPS) is 23.1. The Kier molecular flexibility index (Phi) is 7.89. The van der Waals surface area contributed by atoms with Crippen LogP contribution in [0.25, 0.3) is 0 Å². The van der Waals surface area contributed by atoms with E-state index in [0.717, 1.165) is 57.7 Å². The first-order valence-electron chi connectivity index (χ1n) is 10.6. The molecule has 7 heteroatoms. The summed E-state index contributed by atoms with van der Waals surface area (Å²) in [7, 11) is 0. The summed E-state index contributed by atoms with van der Waals surface area (Å²) in [5, 5.41) is 6.34. The van der Waals surface area contributed by atoms with Gasteiger partial charge in [-0.25, -0.2) is 0 Å². The van der Waals surface area contributed by atoms with E-state index >= 15 is 0 Å². The highest BCUT2D eigenvalue weighted by Gasteiger charge is 2.24. The Morgan fingerprint density at radius 2 is 2.14 bits per heavy atom. The number of hydrogen-bond acceptors (Lipinski definition) is 5. The average Bonchev–Trinajstić information content (AvgIpc) is 3.37. The second-order valence-electron chi connectivity index (χ2n) is 8.16. The van der Waals surface area contributed by atoms with Gasteiger partial charge in [0.05, 0.1) is 6.42 Å². The molecule has 2 aliphatic heterocycles. The van der Waals surface area contributed by atoms with Crippen LogP contribution in [0.2, 0.25) is 0 Å². The Morgan fingerprint density at radius 1 is 1.34 bits per heavy atom. The van der Waals surface area contributed by atoms with E-state index in [-0.39, 0.29) is 29.9 Å². The smallest absolute Gasteiger partial charge is 0.224 e. The number of nitrogens with two attached hydrogens (primary N) is 1. The first-order valence-corrected chi connectivity index (χ1v) is 10.6. The van der Waals surface area contributed by atoms with Gasteiger partial charge in [-0.2, -0.15) is 0 Å². The van der Waals surface area contributed by atoms with Crippen LogP contribution in [0.4, 0.5) is 0 Å². The number of benzene rings is 1. The lowest BCUT2D eigenvalue weighted by molar-refractivity contribution is -0.121. The quantitative estimate of drug-likeness (QED) is 0.541. The van der Waals surface area contributed by atoms with Crippen LogP contribution < -0.4 is 21.1 Å². The highest BCUT2D eigenvalue weighted by Crippen LogP contribution is 2.17. The van der Waals surface area contributed by atoms with Crippen molar-refractivity contribution < 1.29 is 14.3 Å². The summed E-state index contributed by atoms with van der Waals surface area (Å²) >= 11 is 0. The molecule has 0 spiro atoms. The Balaban J connectivity index is 1.33. The van der Waals surface area contributed by atoms with Gasteiger partial charge in [-0.3, -0.25) is 9.59 Å². The maximum Gasteiger partial charge on any atom is 0.224 e. The Bertz CT molecular complexity index is 673. The second kappa shape index (κ2) is 10.6. The van der Waals surface area contributed by atoms with E-state index in [1.54, 1.807) is 6.92 Å². The largest absolute Gasteiger partial charge is 0.489 e. The molecule has 1 aromatic carbocycles. The first kappa shape index (κ1) is 21.6. The third-order valence-electron chi connectivity index (χ3n) is 5.72. The van der Waals surface area contributed by atoms with Gasteiger partial charge in [-0.05, 0) is 49.9 Å². The van der Waals surface area contributed by atoms with Gasteiger partial charge in [0, 0.05) is 38.1 Å². The Labute approximate surface area is 173 Å². The fourth-order valence-electron chi connectivity index (χ4n) is 3.76. The molecule has 0 unspecified atom stereocenters. The number of carbonyl (C=O) groups is 2. The number of hydrogen-bond donors (Lipinski definition) is 3. The van der Waals surface area contributed by atoms with E-state index in [0.29, 0.717) is 6.42 Å². The number of nitrogens with zero attached hydrogens (tertiary/aromatic N) is 1. The van der Waals surface area contributed by atoms with Crippen LogP contribution in [0.15, 0.2) is 24.3 Å². The van der Waals surface area contributed by atoms with Gasteiger partial charge in [0.1, 0.15) is 11.9 Å². The predicted octanol–water partition coefficient (Wildman–Crippen LogP) is 0.876. The molecule has 2 saturated heterocycles. The molecule has 3 rings (SSSR count). The minimum atomic E-state index is -0.378. The van der Waals surface area contributed by atoms with Crippen LogP contribution in [-0.4, -0.2) is 61.6 Å². The molecular weight excluding hydrogens is 368 g/mol. The topological polar surface area (TPSA) is 96.7 Å². The zero-order valence-corrected chi connectivity index (χ0v) is 17.2. The summed E-state index contributed by atoms with van der Waals surface area (Å²) in [6, 6.07) is 8.56. The molecule has 1 aromatic rings. The first-order chi connectivity index (χ1) is 14.0. The minimum absolute atomic E-state index is 0.113. The van der Waals surface area contributed by atoms with Crippen LogP contribution >= 0.6 is 0 Å². The summed E-state index contributed by atoms with van der Waals surface area (Å²) in [5.74, 6) is 0.134. The maximum atomic E-state index is 12.0. The summed E-state index contributed by atoms with van der Waals surface area (Å²) in [6.45, 7) is 6.51. The van der Waals surface area contributed by atoms with Crippen molar-refractivity contribution in [3.8, 4) is 5.75 Å². The van der Waals surface area contributed by atoms with Crippen molar-refractivity contribution in [3.63, 3.8) is 0 Å². The highest BCUT2D eigenvalue weighted by molar-refractivity contribution is 5.86. The van der Waals surface area contributed by atoms with Crippen LogP contribution in [-0.2, 0) is 16.0 Å². The van der Waals surface area contributed by atoms with Gasteiger partial charge < -0.3 is 26.0 Å². The van der Waals surface area contributed by atoms with E-state index in [9.17, 15) is 9.59 Å². The molecule has 29 heavy (non-hydrogen) atoms. The number of primary amides is 1. The second-order valence-corrected chi connectivity index (χ2v) is 8.16. The fraction of sp³-hybridized carbons (Fsp3) is 0.591. The van der Waals surface area contributed by atoms with Gasteiger partial charge in [0.15, 0.2) is 0 Å². The van der Waals surface area contributed by atoms with Crippen molar-refractivity contribution >= 4 is 11.8 Å². The molecule has 0 saturated carbocycles. The van der Waals surface area contributed by atoms with Crippen molar-refractivity contribution in [3.05, 3.63) is 36.2 Å². The molecule has 159 valence electrons. The van der Waals surface area contributed by atoms with Crippen LogP contribution in [0.3, 0.4) is 0 Å². The lowest BCUT2D eigenvalue weighted by atomic mass is 10.0. The van der Waals surface area contributed by atoms with E-state index in [2.05, 4.69) is 39.8 Å². The van der Waals surface area contributed by atoms with Crippen molar-refractivity contribution in [2.75, 3.05) is 32.7 Å². The minimum Gasteiger partial charge on any atom is -0.489 e. The van der Waals surface area contributed by atoms with Gasteiger partial charge in [-0.15, -0.1) is 0 Å². The lowest BCUT2D eigenvalue weighted by Gasteiger charge is -2.17. The molecule has 2 heterocycles. The van der Waals surface area contributed by atoms with Gasteiger partial charge in [-0.1, -0.05) is 19.1 Å². The molecule has 0 aliphatic carbocycles. The van der Waals surface area contributed by atoms with Crippen molar-refractivity contribution in [1.29, 1.82) is 0 Å². The number of rotatable bonds is 10. The zero-order valence-electron chi connectivity index (χ0n) is 17.2. The molecular formula is C22H33N4O3. The number of ether oxygens (including phenoxy) is 1. The van der Waals surface area contributed by atoms with E-state index in [1.807, 2.05) is 0 Å².